The molecule has 1 aliphatic heterocycles. The van der Waals surface area contributed by atoms with Crippen LogP contribution in [-0.2, 0) is 15.1 Å². The van der Waals surface area contributed by atoms with Crippen LogP contribution in [0.2, 0.25) is 0 Å². The fourth-order valence-corrected chi connectivity index (χ4v) is 5.07. The standard InChI is InChI=1S/C26H22N4O4S/c1-26(16-11-13-17(34-2)14-12-16)24(32)30(25(33)29-26)15-22(31)27-19-8-4-3-7-18(19)23-28-20-9-5-6-10-21(20)35-23/h3-14H,15H2,1-2H3,(H,27,31)(H,29,33). The summed E-state index contributed by atoms with van der Waals surface area (Å²) in [5, 5.41) is 6.32. The molecule has 1 atom stereocenters. The second kappa shape index (κ2) is 8.84. The molecular formula is C26H22N4O4S. The van der Waals surface area contributed by atoms with Crippen molar-refractivity contribution < 1.29 is 19.1 Å². The minimum atomic E-state index is -1.28. The maximum absolute atomic E-state index is 13.2. The van der Waals surface area contributed by atoms with Gasteiger partial charge in [-0.3, -0.25) is 14.5 Å². The van der Waals surface area contributed by atoms with Crippen molar-refractivity contribution in [2.75, 3.05) is 19.0 Å². The fourth-order valence-electron chi connectivity index (χ4n) is 4.06. The maximum atomic E-state index is 13.2. The molecule has 9 heteroatoms. The Morgan fingerprint density at radius 2 is 1.77 bits per heavy atom. The summed E-state index contributed by atoms with van der Waals surface area (Å²) in [4.78, 5) is 44.4. The van der Waals surface area contributed by atoms with Crippen LogP contribution in [0.25, 0.3) is 20.8 Å². The highest BCUT2D eigenvalue weighted by Crippen LogP contribution is 2.35. The number of fused-ring (bicyclic) bond motifs is 1. The molecule has 176 valence electrons. The van der Waals surface area contributed by atoms with Crippen LogP contribution in [-0.4, -0.2) is 41.4 Å². The molecule has 35 heavy (non-hydrogen) atoms. The van der Waals surface area contributed by atoms with E-state index in [0.717, 1.165) is 25.7 Å². The number of methoxy groups -OCH3 is 1. The molecule has 2 heterocycles. The van der Waals surface area contributed by atoms with Gasteiger partial charge in [-0.25, -0.2) is 9.78 Å². The molecular weight excluding hydrogens is 464 g/mol. The number of hydrogen-bond acceptors (Lipinski definition) is 6. The Hall–Kier alpha value is -4.24. The van der Waals surface area contributed by atoms with Gasteiger partial charge in [0, 0.05) is 5.56 Å². The summed E-state index contributed by atoms with van der Waals surface area (Å²) in [6.07, 6.45) is 0. The van der Waals surface area contributed by atoms with Gasteiger partial charge in [0.2, 0.25) is 5.91 Å². The van der Waals surface area contributed by atoms with E-state index in [4.69, 9.17) is 4.74 Å². The van der Waals surface area contributed by atoms with Crippen LogP contribution >= 0.6 is 11.3 Å². The number of anilines is 1. The van der Waals surface area contributed by atoms with Crippen LogP contribution in [0.3, 0.4) is 0 Å². The molecule has 5 rings (SSSR count). The number of nitrogens with one attached hydrogen (secondary N) is 2. The molecule has 3 aromatic carbocycles. The van der Waals surface area contributed by atoms with Gasteiger partial charge in [0.25, 0.3) is 5.91 Å². The average Bonchev–Trinajstić information content (AvgIpc) is 3.39. The number of imide groups is 1. The number of carbonyl (C=O) groups is 3. The van der Waals surface area contributed by atoms with Gasteiger partial charge in [-0.15, -0.1) is 11.3 Å². The van der Waals surface area contributed by atoms with Crippen LogP contribution in [0.15, 0.2) is 72.8 Å². The molecule has 1 aromatic heterocycles. The Morgan fingerprint density at radius 3 is 2.51 bits per heavy atom. The van der Waals surface area contributed by atoms with Gasteiger partial charge in [0.15, 0.2) is 0 Å². The van der Waals surface area contributed by atoms with Crippen molar-refractivity contribution in [1.29, 1.82) is 0 Å². The summed E-state index contributed by atoms with van der Waals surface area (Å²) >= 11 is 1.53. The second-order valence-corrected chi connectivity index (χ2v) is 9.29. The molecule has 8 nitrogen and oxygen atoms in total. The summed E-state index contributed by atoms with van der Waals surface area (Å²) in [6.45, 7) is 1.21. The van der Waals surface area contributed by atoms with Crippen molar-refractivity contribution in [2.45, 2.75) is 12.5 Å². The van der Waals surface area contributed by atoms with Crippen molar-refractivity contribution in [1.82, 2.24) is 15.2 Å². The monoisotopic (exact) mass is 486 g/mol. The Kier molecular flexibility index (Phi) is 5.70. The largest absolute Gasteiger partial charge is 0.497 e. The van der Waals surface area contributed by atoms with Gasteiger partial charge >= 0.3 is 6.03 Å². The number of nitrogens with zero attached hydrogens (tertiary/aromatic N) is 2. The van der Waals surface area contributed by atoms with Crippen molar-refractivity contribution in [3.63, 3.8) is 0 Å². The minimum Gasteiger partial charge on any atom is -0.497 e. The number of hydrogen-bond donors (Lipinski definition) is 2. The second-order valence-electron chi connectivity index (χ2n) is 8.26. The molecule has 1 saturated heterocycles. The van der Waals surface area contributed by atoms with E-state index in [1.165, 1.54) is 11.3 Å². The highest BCUT2D eigenvalue weighted by atomic mass is 32.1. The van der Waals surface area contributed by atoms with E-state index in [1.54, 1.807) is 50.4 Å². The third kappa shape index (κ3) is 4.10. The lowest BCUT2D eigenvalue weighted by Crippen LogP contribution is -2.42. The normalized spacial score (nSPS) is 17.5. The van der Waals surface area contributed by atoms with E-state index in [1.807, 2.05) is 36.4 Å². The zero-order valence-electron chi connectivity index (χ0n) is 19.1. The van der Waals surface area contributed by atoms with Gasteiger partial charge in [-0.1, -0.05) is 36.4 Å². The average molecular weight is 487 g/mol. The molecule has 4 aromatic rings. The molecule has 0 radical (unpaired) electrons. The Morgan fingerprint density at radius 1 is 1.06 bits per heavy atom. The van der Waals surface area contributed by atoms with Crippen molar-refractivity contribution >= 4 is 45.1 Å². The zero-order chi connectivity index (χ0) is 24.6. The molecule has 4 amide bonds. The van der Waals surface area contributed by atoms with Crippen molar-refractivity contribution in [3.05, 3.63) is 78.4 Å². The third-order valence-corrected chi connectivity index (χ3v) is 7.04. The topological polar surface area (TPSA) is 101 Å². The number of ether oxygens (including phenoxy) is 1. The fraction of sp³-hybridized carbons (Fsp3) is 0.154. The number of benzene rings is 3. The highest BCUT2D eigenvalue weighted by Gasteiger charge is 2.49. The van der Waals surface area contributed by atoms with Gasteiger partial charge < -0.3 is 15.4 Å². The van der Waals surface area contributed by atoms with Crippen molar-refractivity contribution in [2.24, 2.45) is 0 Å². The van der Waals surface area contributed by atoms with Gasteiger partial charge in [0.1, 0.15) is 22.8 Å². The van der Waals surface area contributed by atoms with Gasteiger partial charge in [0.05, 0.1) is 23.0 Å². The van der Waals surface area contributed by atoms with Crippen LogP contribution < -0.4 is 15.4 Å². The van der Waals surface area contributed by atoms with E-state index in [9.17, 15) is 14.4 Å². The predicted molar refractivity (Wildman–Crippen MR) is 134 cm³/mol. The number of rotatable bonds is 6. The molecule has 0 bridgehead atoms. The number of urea groups is 1. The quantitative estimate of drug-likeness (QED) is 0.394. The molecule has 1 aliphatic rings. The Bertz CT molecular complexity index is 1420. The molecule has 2 N–H and O–H groups in total. The summed E-state index contributed by atoms with van der Waals surface area (Å²) in [5.41, 5.74) is 1.53. The van der Waals surface area contributed by atoms with Gasteiger partial charge in [-0.2, -0.15) is 0 Å². The third-order valence-electron chi connectivity index (χ3n) is 5.97. The van der Waals surface area contributed by atoms with Crippen LogP contribution in [0, 0.1) is 0 Å². The van der Waals surface area contributed by atoms with Crippen LogP contribution in [0.4, 0.5) is 10.5 Å². The first-order chi connectivity index (χ1) is 16.9. The lowest BCUT2D eigenvalue weighted by atomic mass is 9.92. The summed E-state index contributed by atoms with van der Waals surface area (Å²) < 4.78 is 6.20. The summed E-state index contributed by atoms with van der Waals surface area (Å²) in [7, 11) is 1.55. The predicted octanol–water partition coefficient (Wildman–Crippen LogP) is 4.38. The Balaban J connectivity index is 1.34. The van der Waals surface area contributed by atoms with E-state index in [0.29, 0.717) is 17.0 Å². The summed E-state index contributed by atoms with van der Waals surface area (Å²) in [5.74, 6) is -0.347. The van der Waals surface area contributed by atoms with E-state index < -0.39 is 29.9 Å². The first-order valence-corrected chi connectivity index (χ1v) is 11.7. The lowest BCUT2D eigenvalue weighted by molar-refractivity contribution is -0.133. The number of thiazole rings is 1. The molecule has 0 saturated carbocycles. The SMILES string of the molecule is COc1ccc(C2(C)NC(=O)N(CC(=O)Nc3ccccc3-c3nc4ccccc4s3)C2=O)cc1. The molecule has 1 unspecified atom stereocenters. The van der Waals surface area contributed by atoms with Crippen LogP contribution in [0.5, 0.6) is 5.75 Å². The first-order valence-electron chi connectivity index (χ1n) is 10.9. The number of amides is 4. The lowest BCUT2D eigenvalue weighted by Gasteiger charge is -2.22. The number of carbonyl (C=O) groups excluding carboxylic acids is 3. The Labute approximate surface area is 205 Å². The molecule has 0 spiro atoms. The molecule has 1 fully saturated rings. The number of para-hydroxylation sites is 2. The van der Waals surface area contributed by atoms with Crippen molar-refractivity contribution in [3.8, 4) is 16.3 Å². The van der Waals surface area contributed by atoms with E-state index >= 15 is 0 Å². The highest BCUT2D eigenvalue weighted by molar-refractivity contribution is 7.21. The number of aromatic nitrogens is 1. The van der Waals surface area contributed by atoms with E-state index in [-0.39, 0.29) is 0 Å². The zero-order valence-corrected chi connectivity index (χ0v) is 19.9. The maximum Gasteiger partial charge on any atom is 0.325 e. The smallest absolute Gasteiger partial charge is 0.325 e. The van der Waals surface area contributed by atoms with E-state index in [2.05, 4.69) is 15.6 Å². The van der Waals surface area contributed by atoms with Gasteiger partial charge in [-0.05, 0) is 48.9 Å². The first kappa shape index (κ1) is 22.5. The van der Waals surface area contributed by atoms with Crippen LogP contribution in [0.1, 0.15) is 12.5 Å². The molecule has 0 aliphatic carbocycles. The minimum absolute atomic E-state index is 0.412. The summed E-state index contributed by atoms with van der Waals surface area (Å²) in [6, 6.07) is 21.4.